The predicted octanol–water partition coefficient (Wildman–Crippen LogP) is 4.50. The summed E-state index contributed by atoms with van der Waals surface area (Å²) < 4.78 is 30.4. The summed E-state index contributed by atoms with van der Waals surface area (Å²) in [6.45, 7) is 4.18. The normalized spacial score (nSPS) is 11.8. The summed E-state index contributed by atoms with van der Waals surface area (Å²) in [6.07, 6.45) is 0. The van der Waals surface area contributed by atoms with Crippen LogP contribution in [0.5, 0.6) is 5.75 Å². The summed E-state index contributed by atoms with van der Waals surface area (Å²) in [5.74, 6) is 0.509. The first-order valence-electron chi connectivity index (χ1n) is 6.71. The zero-order chi connectivity index (χ0) is 15.5. The molecule has 0 fully saturated rings. The van der Waals surface area contributed by atoms with E-state index in [1.54, 1.807) is 27.0 Å². The average molecular weight is 373 g/mol. The van der Waals surface area contributed by atoms with Gasteiger partial charge < -0.3 is 13.8 Å². The molecule has 6 heteroatoms. The number of ether oxygens (including phenoxy) is 1. The lowest BCUT2D eigenvalue weighted by molar-refractivity contribution is 0.229. The van der Waals surface area contributed by atoms with E-state index < -0.39 is 7.60 Å². The van der Waals surface area contributed by atoms with Crippen molar-refractivity contribution in [3.05, 3.63) is 34.8 Å². The lowest BCUT2D eigenvalue weighted by atomic mass is 10.1. The summed E-state index contributed by atoms with van der Waals surface area (Å²) in [6, 6.07) is 9.45. The Balaban J connectivity index is 2.77. The van der Waals surface area contributed by atoms with Crippen LogP contribution >= 0.6 is 23.5 Å². The van der Waals surface area contributed by atoms with Gasteiger partial charge >= 0.3 is 7.60 Å². The van der Waals surface area contributed by atoms with Crippen molar-refractivity contribution >= 4 is 39.6 Å². The lowest BCUT2D eigenvalue weighted by Gasteiger charge is -2.21. The van der Waals surface area contributed by atoms with Gasteiger partial charge in [-0.25, -0.2) is 0 Å². The zero-order valence-corrected chi connectivity index (χ0v) is 14.7. The van der Waals surface area contributed by atoms with Gasteiger partial charge in [0.25, 0.3) is 0 Å². The molecule has 0 spiro atoms. The second kappa shape index (κ2) is 6.93. The number of hydrogen-bond acceptors (Lipinski definition) is 4. The van der Waals surface area contributed by atoms with E-state index >= 15 is 0 Å². The van der Waals surface area contributed by atoms with E-state index in [1.807, 2.05) is 24.3 Å². The van der Waals surface area contributed by atoms with Crippen molar-refractivity contribution in [1.82, 2.24) is 0 Å². The van der Waals surface area contributed by atoms with Gasteiger partial charge in [-0.2, -0.15) is 0 Å². The van der Waals surface area contributed by atoms with E-state index in [9.17, 15) is 4.57 Å². The van der Waals surface area contributed by atoms with Crippen molar-refractivity contribution in [2.24, 2.45) is 0 Å². The van der Waals surface area contributed by atoms with Crippen LogP contribution in [-0.2, 0) is 13.6 Å². The fraction of sp³-hybridized carbons (Fsp3) is 0.333. The van der Waals surface area contributed by atoms with Gasteiger partial charge in [0.05, 0.1) is 20.3 Å². The van der Waals surface area contributed by atoms with Crippen LogP contribution in [0.4, 0.5) is 0 Å². The summed E-state index contributed by atoms with van der Waals surface area (Å²) in [7, 11) is -1.88. The Kier molecular flexibility index (Phi) is 5.44. The van der Waals surface area contributed by atoms with E-state index in [0.29, 0.717) is 24.3 Å². The lowest BCUT2D eigenvalue weighted by Crippen LogP contribution is -2.14. The highest BCUT2D eigenvalue weighted by Crippen LogP contribution is 2.51. The molecule has 114 valence electrons. The Morgan fingerprint density at radius 3 is 2.33 bits per heavy atom. The van der Waals surface area contributed by atoms with E-state index in [-0.39, 0.29) is 0 Å². The number of hydrogen-bond donors (Lipinski definition) is 0. The van der Waals surface area contributed by atoms with Crippen molar-refractivity contribution in [2.45, 2.75) is 13.8 Å². The van der Waals surface area contributed by atoms with Crippen LogP contribution in [0.2, 0.25) is 0 Å². The highest BCUT2D eigenvalue weighted by atomic mass is 79.9. The SMILES string of the molecule is CCOP(=O)(OCC)c1c(OC)ccc2cc(Br)ccc12. The fourth-order valence-electron chi connectivity index (χ4n) is 2.22. The number of rotatable bonds is 6. The summed E-state index contributed by atoms with van der Waals surface area (Å²) in [4.78, 5) is 0. The summed E-state index contributed by atoms with van der Waals surface area (Å²) in [5.41, 5.74) is 0. The van der Waals surface area contributed by atoms with Crippen LogP contribution in [0, 0.1) is 0 Å². The smallest absolute Gasteiger partial charge is 0.365 e. The van der Waals surface area contributed by atoms with Crippen molar-refractivity contribution < 1.29 is 18.3 Å². The van der Waals surface area contributed by atoms with Gasteiger partial charge in [0, 0.05) is 9.86 Å². The Hall–Kier alpha value is -0.870. The van der Waals surface area contributed by atoms with Gasteiger partial charge in [0.15, 0.2) is 0 Å². The summed E-state index contributed by atoms with van der Waals surface area (Å²) >= 11 is 3.44. The standard InChI is InChI=1S/C15H18BrO4P/c1-4-19-21(17,20-5-2)15-13-8-7-12(16)10-11(13)6-9-14(15)18-3/h6-10H,4-5H2,1-3H3. The van der Waals surface area contributed by atoms with Gasteiger partial charge in [0.1, 0.15) is 11.1 Å². The molecule has 0 aliphatic rings. The number of methoxy groups -OCH3 is 1. The van der Waals surface area contributed by atoms with Crippen LogP contribution in [0.1, 0.15) is 13.8 Å². The van der Waals surface area contributed by atoms with Gasteiger partial charge in [-0.05, 0) is 37.4 Å². The van der Waals surface area contributed by atoms with Crippen LogP contribution in [0.3, 0.4) is 0 Å². The summed E-state index contributed by atoms with van der Waals surface area (Å²) in [5, 5.41) is 2.24. The molecular weight excluding hydrogens is 355 g/mol. The second-order valence-electron chi connectivity index (χ2n) is 4.31. The topological polar surface area (TPSA) is 44.8 Å². The molecule has 0 saturated carbocycles. The molecule has 0 saturated heterocycles. The zero-order valence-electron chi connectivity index (χ0n) is 12.3. The van der Waals surface area contributed by atoms with Gasteiger partial charge in [0.2, 0.25) is 0 Å². The molecule has 0 heterocycles. The molecule has 2 rings (SSSR count). The predicted molar refractivity (Wildman–Crippen MR) is 88.7 cm³/mol. The molecule has 0 amide bonds. The van der Waals surface area contributed by atoms with Gasteiger partial charge in [-0.15, -0.1) is 0 Å². The van der Waals surface area contributed by atoms with E-state index in [0.717, 1.165) is 15.2 Å². The first-order valence-corrected chi connectivity index (χ1v) is 9.05. The molecule has 0 radical (unpaired) electrons. The molecule has 0 unspecified atom stereocenters. The van der Waals surface area contributed by atoms with Crippen LogP contribution < -0.4 is 10.0 Å². The molecule has 0 atom stereocenters. The quantitative estimate of drug-likeness (QED) is 0.700. The van der Waals surface area contributed by atoms with Crippen LogP contribution in [0.15, 0.2) is 34.8 Å². The fourth-order valence-corrected chi connectivity index (χ4v) is 4.54. The largest absolute Gasteiger partial charge is 0.496 e. The van der Waals surface area contributed by atoms with Gasteiger partial charge in [-0.1, -0.05) is 28.1 Å². The third-order valence-electron chi connectivity index (χ3n) is 3.01. The number of halogens is 1. The molecule has 2 aromatic carbocycles. The Bertz CT molecular complexity index is 677. The maximum absolute atomic E-state index is 13.2. The molecular formula is C15H18BrO4P. The minimum absolute atomic E-state index is 0.299. The van der Waals surface area contributed by atoms with Crippen LogP contribution in [0.25, 0.3) is 10.8 Å². The van der Waals surface area contributed by atoms with Crippen molar-refractivity contribution in [3.63, 3.8) is 0 Å². The highest BCUT2D eigenvalue weighted by molar-refractivity contribution is 9.10. The number of fused-ring (bicyclic) bond motifs is 1. The Morgan fingerprint density at radius 2 is 1.76 bits per heavy atom. The minimum Gasteiger partial charge on any atom is -0.496 e. The molecule has 0 N–H and O–H groups in total. The monoisotopic (exact) mass is 372 g/mol. The molecule has 2 aromatic rings. The van der Waals surface area contributed by atoms with Crippen molar-refractivity contribution in [1.29, 1.82) is 0 Å². The maximum atomic E-state index is 13.2. The first kappa shape index (κ1) is 16.5. The van der Waals surface area contributed by atoms with Gasteiger partial charge in [-0.3, -0.25) is 4.57 Å². The third kappa shape index (κ3) is 3.32. The Morgan fingerprint density at radius 1 is 1.10 bits per heavy atom. The van der Waals surface area contributed by atoms with E-state index in [2.05, 4.69) is 15.9 Å². The molecule has 0 aliphatic carbocycles. The third-order valence-corrected chi connectivity index (χ3v) is 5.71. The average Bonchev–Trinajstić information content (AvgIpc) is 2.46. The van der Waals surface area contributed by atoms with Crippen molar-refractivity contribution in [2.75, 3.05) is 20.3 Å². The number of benzene rings is 2. The molecule has 4 nitrogen and oxygen atoms in total. The Labute approximate surface area is 133 Å². The molecule has 21 heavy (non-hydrogen) atoms. The highest BCUT2D eigenvalue weighted by Gasteiger charge is 2.32. The van der Waals surface area contributed by atoms with Crippen molar-refractivity contribution in [3.8, 4) is 5.75 Å². The minimum atomic E-state index is -3.43. The second-order valence-corrected chi connectivity index (χ2v) is 7.19. The first-order chi connectivity index (χ1) is 10.1. The van der Waals surface area contributed by atoms with Crippen LogP contribution in [-0.4, -0.2) is 20.3 Å². The van der Waals surface area contributed by atoms with E-state index in [1.165, 1.54) is 0 Å². The molecule has 0 aromatic heterocycles. The maximum Gasteiger partial charge on any atom is 0.365 e. The van der Waals surface area contributed by atoms with E-state index in [4.69, 9.17) is 13.8 Å². The molecule has 0 aliphatic heterocycles. The molecule has 0 bridgehead atoms.